The number of hydrogen-bond acceptors (Lipinski definition) is 3. The first-order valence-electron chi connectivity index (χ1n) is 9.37. The summed E-state index contributed by atoms with van der Waals surface area (Å²) in [6.45, 7) is 3.03. The zero-order chi connectivity index (χ0) is 20.5. The summed E-state index contributed by atoms with van der Waals surface area (Å²) < 4.78 is 55.6. The zero-order valence-corrected chi connectivity index (χ0v) is 16.5. The summed E-state index contributed by atoms with van der Waals surface area (Å²) in [5.41, 5.74) is -1.40. The molecule has 1 aliphatic carbocycles. The first-order valence-corrected chi connectivity index (χ1v) is 9.74. The smallest absolute Gasteiger partial charge is 0.257 e. The molecule has 1 saturated heterocycles. The first-order chi connectivity index (χ1) is 13.1. The second-order valence-electron chi connectivity index (χ2n) is 7.77. The van der Waals surface area contributed by atoms with Gasteiger partial charge in [0.25, 0.3) is 5.91 Å². The van der Waals surface area contributed by atoms with Gasteiger partial charge in [-0.1, -0.05) is 11.6 Å². The number of carbonyl (C=O) groups excluding carboxylic acids is 1. The van der Waals surface area contributed by atoms with Crippen LogP contribution in [-0.4, -0.2) is 66.9 Å². The molecule has 1 heterocycles. The Bertz CT molecular complexity index is 728. The Morgan fingerprint density at radius 2 is 1.71 bits per heavy atom. The van der Waals surface area contributed by atoms with E-state index in [4.69, 9.17) is 11.6 Å². The van der Waals surface area contributed by atoms with Crippen molar-refractivity contribution in [1.29, 1.82) is 0 Å². The second-order valence-corrected chi connectivity index (χ2v) is 8.18. The van der Waals surface area contributed by atoms with E-state index in [9.17, 15) is 22.4 Å². The van der Waals surface area contributed by atoms with Gasteiger partial charge in [-0.3, -0.25) is 9.69 Å². The lowest BCUT2D eigenvalue weighted by Crippen LogP contribution is -2.62. The molecule has 28 heavy (non-hydrogen) atoms. The van der Waals surface area contributed by atoms with Gasteiger partial charge in [0.2, 0.25) is 5.92 Å². The number of piperazine rings is 1. The van der Waals surface area contributed by atoms with E-state index in [0.29, 0.717) is 13.1 Å². The van der Waals surface area contributed by atoms with E-state index in [1.54, 1.807) is 0 Å². The van der Waals surface area contributed by atoms with Crippen LogP contribution in [0.1, 0.15) is 36.0 Å². The third-order valence-electron chi connectivity index (χ3n) is 5.94. The average molecular weight is 422 g/mol. The third-order valence-corrected chi connectivity index (χ3v) is 6.23. The minimum absolute atomic E-state index is 0.0526. The maximum absolute atomic E-state index is 14.1. The number of amides is 1. The standard InChI is InChI=1S/C19H24ClF4N3O/c1-26-8-10-27(11-9-26)18(4-6-19(23,24)7-5-18)12-25-17(28)15-14(21)3-2-13(20)16(15)22/h2-3H,4-12H2,1H3,(H,25,28). The molecule has 0 spiro atoms. The molecular weight excluding hydrogens is 398 g/mol. The fourth-order valence-corrected chi connectivity index (χ4v) is 4.19. The number of nitrogens with zero attached hydrogens (tertiary/aromatic N) is 2. The molecule has 2 fully saturated rings. The topological polar surface area (TPSA) is 35.6 Å². The van der Waals surface area contributed by atoms with E-state index in [-0.39, 0.29) is 37.3 Å². The van der Waals surface area contributed by atoms with Gasteiger partial charge in [0, 0.05) is 51.1 Å². The maximum Gasteiger partial charge on any atom is 0.257 e. The lowest BCUT2D eigenvalue weighted by Gasteiger charge is -2.50. The van der Waals surface area contributed by atoms with Crippen LogP contribution >= 0.6 is 11.6 Å². The predicted octanol–water partition coefficient (Wildman–Crippen LogP) is 3.54. The highest BCUT2D eigenvalue weighted by Gasteiger charge is 2.47. The normalized spacial score (nSPS) is 22.8. The summed E-state index contributed by atoms with van der Waals surface area (Å²) in [5, 5.41) is 2.23. The van der Waals surface area contributed by atoms with Crippen molar-refractivity contribution < 1.29 is 22.4 Å². The van der Waals surface area contributed by atoms with Gasteiger partial charge in [0.15, 0.2) is 5.82 Å². The molecule has 1 N–H and O–H groups in total. The maximum atomic E-state index is 14.1. The van der Waals surface area contributed by atoms with Gasteiger partial charge >= 0.3 is 0 Å². The van der Waals surface area contributed by atoms with Crippen molar-refractivity contribution in [3.05, 3.63) is 34.4 Å². The van der Waals surface area contributed by atoms with Gasteiger partial charge in [-0.15, -0.1) is 0 Å². The Balaban J connectivity index is 1.77. The number of hydrogen-bond donors (Lipinski definition) is 1. The first kappa shape index (κ1) is 21.3. The fraction of sp³-hybridized carbons (Fsp3) is 0.632. The number of rotatable bonds is 4. The van der Waals surface area contributed by atoms with Gasteiger partial charge in [-0.2, -0.15) is 0 Å². The van der Waals surface area contributed by atoms with E-state index in [1.807, 2.05) is 7.05 Å². The van der Waals surface area contributed by atoms with Crippen LogP contribution in [-0.2, 0) is 0 Å². The van der Waals surface area contributed by atoms with Crippen LogP contribution < -0.4 is 5.32 Å². The van der Waals surface area contributed by atoms with Crippen molar-refractivity contribution >= 4 is 17.5 Å². The molecule has 4 nitrogen and oxygen atoms in total. The van der Waals surface area contributed by atoms with Crippen LogP contribution in [0.5, 0.6) is 0 Å². The SMILES string of the molecule is CN1CCN(C2(CNC(=O)c3c(F)ccc(Cl)c3F)CCC(F)(F)CC2)CC1. The van der Waals surface area contributed by atoms with Gasteiger partial charge in [0.1, 0.15) is 11.4 Å². The van der Waals surface area contributed by atoms with Crippen LogP contribution in [0.4, 0.5) is 17.6 Å². The fourth-order valence-electron chi connectivity index (χ4n) is 4.04. The molecule has 3 rings (SSSR count). The van der Waals surface area contributed by atoms with Gasteiger partial charge in [-0.05, 0) is 32.0 Å². The summed E-state index contributed by atoms with van der Waals surface area (Å²) >= 11 is 5.66. The summed E-state index contributed by atoms with van der Waals surface area (Å²) in [5.74, 6) is -5.78. The Morgan fingerprint density at radius 1 is 1.11 bits per heavy atom. The van der Waals surface area contributed by atoms with E-state index in [0.717, 1.165) is 25.2 Å². The Hall–Kier alpha value is -1.38. The number of carbonyl (C=O) groups is 1. The summed E-state index contributed by atoms with van der Waals surface area (Å²) in [6.07, 6.45) is -0.112. The molecule has 1 saturated carbocycles. The highest BCUT2D eigenvalue weighted by Crippen LogP contribution is 2.41. The highest BCUT2D eigenvalue weighted by molar-refractivity contribution is 6.31. The lowest BCUT2D eigenvalue weighted by atomic mass is 9.78. The van der Waals surface area contributed by atoms with Crippen molar-refractivity contribution in [2.45, 2.75) is 37.1 Å². The number of halogens is 5. The van der Waals surface area contributed by atoms with Crippen molar-refractivity contribution in [3.63, 3.8) is 0 Å². The Kier molecular flexibility index (Phi) is 6.22. The molecule has 156 valence electrons. The van der Waals surface area contributed by atoms with Crippen LogP contribution in [0.3, 0.4) is 0 Å². The molecule has 0 atom stereocenters. The molecule has 0 unspecified atom stereocenters. The van der Waals surface area contributed by atoms with E-state index < -0.39 is 34.6 Å². The van der Waals surface area contributed by atoms with Crippen molar-refractivity contribution in [1.82, 2.24) is 15.1 Å². The number of alkyl halides is 2. The van der Waals surface area contributed by atoms with Crippen molar-refractivity contribution in [2.24, 2.45) is 0 Å². The van der Waals surface area contributed by atoms with Crippen LogP contribution in [0.15, 0.2) is 12.1 Å². The third kappa shape index (κ3) is 4.44. The Morgan fingerprint density at radius 3 is 2.32 bits per heavy atom. The Labute approximate surface area is 166 Å². The minimum Gasteiger partial charge on any atom is -0.350 e. The van der Waals surface area contributed by atoms with Crippen molar-refractivity contribution in [2.75, 3.05) is 39.8 Å². The molecule has 1 aliphatic heterocycles. The molecule has 2 aliphatic rings. The largest absolute Gasteiger partial charge is 0.350 e. The average Bonchev–Trinajstić information content (AvgIpc) is 2.65. The van der Waals surface area contributed by atoms with E-state index in [1.165, 1.54) is 0 Å². The molecule has 1 amide bonds. The summed E-state index contributed by atoms with van der Waals surface area (Å²) in [4.78, 5) is 16.7. The minimum atomic E-state index is -2.72. The molecule has 1 aromatic rings. The molecular formula is C19H24ClF4N3O. The number of benzene rings is 1. The highest BCUT2D eigenvalue weighted by atomic mass is 35.5. The lowest BCUT2D eigenvalue weighted by molar-refractivity contribution is -0.0874. The zero-order valence-electron chi connectivity index (χ0n) is 15.7. The molecule has 0 aromatic heterocycles. The number of likely N-dealkylation sites (N-methyl/N-ethyl adjacent to an activating group) is 1. The second kappa shape index (κ2) is 8.16. The molecule has 1 aromatic carbocycles. The molecule has 9 heteroatoms. The van der Waals surface area contributed by atoms with Crippen molar-refractivity contribution in [3.8, 4) is 0 Å². The van der Waals surface area contributed by atoms with Gasteiger partial charge in [0.05, 0.1) is 5.02 Å². The van der Waals surface area contributed by atoms with Crippen LogP contribution in [0.25, 0.3) is 0 Å². The summed E-state index contributed by atoms with van der Waals surface area (Å²) in [7, 11) is 1.99. The molecule has 0 radical (unpaired) electrons. The predicted molar refractivity (Wildman–Crippen MR) is 98.9 cm³/mol. The van der Waals surface area contributed by atoms with E-state index >= 15 is 0 Å². The quantitative estimate of drug-likeness (QED) is 0.596. The molecule has 0 bridgehead atoms. The van der Waals surface area contributed by atoms with Crippen LogP contribution in [0.2, 0.25) is 5.02 Å². The van der Waals surface area contributed by atoms with E-state index in [2.05, 4.69) is 15.1 Å². The van der Waals surface area contributed by atoms with Crippen LogP contribution in [0, 0.1) is 11.6 Å². The van der Waals surface area contributed by atoms with Gasteiger partial charge < -0.3 is 10.2 Å². The monoisotopic (exact) mass is 421 g/mol. The number of nitrogens with one attached hydrogen (secondary N) is 1. The van der Waals surface area contributed by atoms with Gasteiger partial charge in [-0.25, -0.2) is 17.6 Å². The summed E-state index contributed by atoms with van der Waals surface area (Å²) in [6, 6.07) is 1.97.